The summed E-state index contributed by atoms with van der Waals surface area (Å²) < 4.78 is 31.7. The van der Waals surface area contributed by atoms with E-state index in [2.05, 4.69) is 77.9 Å². The van der Waals surface area contributed by atoms with E-state index in [-0.39, 0.29) is 33.4 Å². The maximum Gasteiger partial charge on any atom is 2.00 e. The number of aryl methyl sites for hydroxylation is 6. The molecule has 0 aliphatic carbocycles. The van der Waals surface area contributed by atoms with Gasteiger partial charge in [0, 0.05) is 0 Å². The van der Waals surface area contributed by atoms with Crippen LogP contribution in [0, 0.1) is 56.4 Å². The molecule has 0 bridgehead atoms. The quantitative estimate of drug-likeness (QED) is 0.465. The monoisotopic (exact) mass is 435 g/mol. The minimum atomic E-state index is -5.08. The fraction of sp³-hybridized carbons (Fsp3) is 0.318. The molecular formula is C22H31F3O2V. The fourth-order valence-corrected chi connectivity index (χ4v) is 2.40. The van der Waals surface area contributed by atoms with Crippen LogP contribution in [0.15, 0.2) is 36.4 Å². The maximum atomic E-state index is 10.6. The van der Waals surface area contributed by atoms with Crippen molar-refractivity contribution in [3.05, 3.63) is 84.6 Å². The molecule has 28 heavy (non-hydrogen) atoms. The molecule has 0 saturated heterocycles. The van der Waals surface area contributed by atoms with Crippen molar-refractivity contribution in [2.24, 2.45) is 0 Å². The zero-order valence-electron chi connectivity index (χ0n) is 17.9. The van der Waals surface area contributed by atoms with Crippen LogP contribution < -0.4 is 0 Å². The molecule has 6 heteroatoms. The Morgan fingerprint density at radius 1 is 0.643 bits per heavy atom. The molecule has 2 rings (SSSR count). The first-order valence-corrected chi connectivity index (χ1v) is 7.71. The second-order valence-electron chi connectivity index (χ2n) is 6.13. The van der Waals surface area contributed by atoms with Gasteiger partial charge in [-0.1, -0.05) is 69.8 Å². The number of hydrogen-bond acceptors (Lipinski definition) is 1. The Bertz CT molecular complexity index is 561. The minimum Gasteiger partial charge on any atom is -0.475 e. The van der Waals surface area contributed by atoms with Crippen LogP contribution in [0.4, 0.5) is 13.2 Å². The van der Waals surface area contributed by atoms with Gasteiger partial charge >= 0.3 is 30.7 Å². The number of carboxylic acid groups (broad SMARTS) is 1. The third-order valence-electron chi connectivity index (χ3n) is 2.97. The van der Waals surface area contributed by atoms with Gasteiger partial charge in [-0.2, -0.15) is 13.2 Å². The average Bonchev–Trinajstić information content (AvgIpc) is 2.34. The number of rotatable bonds is 0. The summed E-state index contributed by atoms with van der Waals surface area (Å²) in [5, 5.41) is 7.12. The summed E-state index contributed by atoms with van der Waals surface area (Å²) in [7, 11) is 0. The summed E-state index contributed by atoms with van der Waals surface area (Å²) in [4.78, 5) is 8.90. The van der Waals surface area contributed by atoms with Gasteiger partial charge in [-0.3, -0.25) is 0 Å². The first-order chi connectivity index (χ1) is 11.3. The minimum absolute atomic E-state index is 0. The molecule has 157 valence electrons. The number of benzene rings is 2. The second-order valence-corrected chi connectivity index (χ2v) is 6.13. The molecule has 2 nitrogen and oxygen atoms in total. The molecule has 1 N–H and O–H groups in total. The smallest absolute Gasteiger partial charge is 0.475 e. The Kier molecular flexibility index (Phi) is 18.4. The van der Waals surface area contributed by atoms with Gasteiger partial charge in [0.25, 0.3) is 0 Å². The maximum absolute atomic E-state index is 10.6. The van der Waals surface area contributed by atoms with Gasteiger partial charge in [-0.05, 0) is 41.5 Å². The van der Waals surface area contributed by atoms with Gasteiger partial charge < -0.3 is 20.0 Å². The number of halogens is 3. The largest absolute Gasteiger partial charge is 2.00 e. The number of carboxylic acids is 1. The van der Waals surface area contributed by atoms with E-state index in [1.165, 1.54) is 33.4 Å². The molecule has 0 amide bonds. The summed E-state index contributed by atoms with van der Waals surface area (Å²) in [6, 6.07) is 13.1. The van der Waals surface area contributed by atoms with Crippen molar-refractivity contribution in [2.75, 3.05) is 0 Å². The van der Waals surface area contributed by atoms with E-state index in [4.69, 9.17) is 9.90 Å². The van der Waals surface area contributed by atoms with Crippen LogP contribution in [-0.2, 0) is 23.4 Å². The Morgan fingerprint density at radius 2 is 0.750 bits per heavy atom. The van der Waals surface area contributed by atoms with Crippen molar-refractivity contribution in [1.82, 2.24) is 0 Å². The van der Waals surface area contributed by atoms with Crippen molar-refractivity contribution < 1.29 is 41.6 Å². The molecule has 0 aliphatic heterocycles. The summed E-state index contributed by atoms with van der Waals surface area (Å²) in [5.41, 5.74) is 8.13. The van der Waals surface area contributed by atoms with Crippen molar-refractivity contribution in [1.29, 1.82) is 0 Å². The molecule has 0 spiro atoms. The van der Waals surface area contributed by atoms with Crippen LogP contribution >= 0.6 is 0 Å². The molecule has 0 aromatic heterocycles. The van der Waals surface area contributed by atoms with Crippen molar-refractivity contribution in [3.63, 3.8) is 0 Å². The van der Waals surface area contributed by atoms with Crippen molar-refractivity contribution in [2.45, 2.75) is 47.7 Å². The first-order valence-electron chi connectivity index (χ1n) is 7.71. The van der Waals surface area contributed by atoms with Crippen LogP contribution in [0.25, 0.3) is 0 Å². The zero-order chi connectivity index (χ0) is 19.8. The average molecular weight is 435 g/mol. The van der Waals surface area contributed by atoms with Gasteiger partial charge in [0.05, 0.1) is 0 Å². The molecule has 0 aliphatic rings. The van der Waals surface area contributed by atoms with E-state index in [1.807, 2.05) is 0 Å². The van der Waals surface area contributed by atoms with Gasteiger partial charge in [-0.15, -0.1) is 0 Å². The third kappa shape index (κ3) is 16.5. The molecule has 0 saturated carbocycles. The molecule has 0 heterocycles. The summed E-state index contributed by atoms with van der Waals surface area (Å²) in [6.07, 6.45) is -5.08. The van der Waals surface area contributed by atoms with E-state index >= 15 is 0 Å². The molecule has 0 atom stereocenters. The van der Waals surface area contributed by atoms with E-state index < -0.39 is 12.1 Å². The Hall–Kier alpha value is -1.72. The standard InChI is InChI=1S/2C9H12.C2HF3O2.2CH3.V/c2*1-7-4-8(2)6-9(3)5-7;3-2(4,5)1(6)7;;;/h2*4-6H,1-3H3;(H,6,7);2*1H3;/q;;;2*-1;+2. The second kappa shape index (κ2) is 15.2. The Morgan fingerprint density at radius 3 is 0.821 bits per heavy atom. The molecule has 1 radical (unpaired) electrons. The van der Waals surface area contributed by atoms with Gasteiger partial charge in [-0.25, -0.2) is 4.79 Å². The summed E-state index contributed by atoms with van der Waals surface area (Å²) >= 11 is 0. The normalized spacial score (nSPS) is 9.04. The van der Waals surface area contributed by atoms with E-state index in [0.717, 1.165) is 0 Å². The Labute approximate surface area is 180 Å². The number of alkyl halides is 3. The molecular weight excluding hydrogens is 404 g/mol. The van der Waals surface area contributed by atoms with Crippen molar-refractivity contribution >= 4 is 5.97 Å². The summed E-state index contributed by atoms with van der Waals surface area (Å²) in [6.45, 7) is 12.8. The molecule has 2 aromatic carbocycles. The Balaban J connectivity index is -0.000000148. The molecule has 2 aromatic rings. The predicted octanol–water partition coefficient (Wildman–Crippen LogP) is 6.76. The topological polar surface area (TPSA) is 37.3 Å². The van der Waals surface area contributed by atoms with E-state index in [1.54, 1.807) is 0 Å². The predicted molar refractivity (Wildman–Crippen MR) is 108 cm³/mol. The van der Waals surface area contributed by atoms with Crippen molar-refractivity contribution in [3.8, 4) is 0 Å². The van der Waals surface area contributed by atoms with E-state index in [0.29, 0.717) is 0 Å². The number of carbonyl (C=O) groups is 1. The van der Waals surface area contributed by atoms with Gasteiger partial charge in [0.15, 0.2) is 0 Å². The summed E-state index contributed by atoms with van der Waals surface area (Å²) in [5.74, 6) is -2.76. The van der Waals surface area contributed by atoms with Crippen LogP contribution in [0.5, 0.6) is 0 Å². The van der Waals surface area contributed by atoms with E-state index in [9.17, 15) is 13.2 Å². The molecule has 0 fully saturated rings. The third-order valence-corrected chi connectivity index (χ3v) is 2.97. The SMILES string of the molecule is Cc1cc(C)cc(C)c1.Cc1cc(C)cc(C)c1.O=C(O)C(F)(F)F.[CH3-].[CH3-].[V+2]. The molecule has 0 unspecified atom stereocenters. The number of hydrogen-bond donors (Lipinski definition) is 1. The van der Waals surface area contributed by atoms with Gasteiger partial charge in [0.1, 0.15) is 0 Å². The van der Waals surface area contributed by atoms with Gasteiger partial charge in [0.2, 0.25) is 0 Å². The zero-order valence-corrected chi connectivity index (χ0v) is 19.3. The van der Waals surface area contributed by atoms with Crippen LogP contribution in [0.3, 0.4) is 0 Å². The van der Waals surface area contributed by atoms with Crippen LogP contribution in [0.1, 0.15) is 33.4 Å². The van der Waals surface area contributed by atoms with Crippen LogP contribution in [0.2, 0.25) is 0 Å². The fourth-order valence-electron chi connectivity index (χ4n) is 2.40. The first kappa shape index (κ1) is 33.8. The van der Waals surface area contributed by atoms with Crippen LogP contribution in [-0.4, -0.2) is 17.3 Å². The number of aliphatic carboxylic acids is 1.